The van der Waals surface area contributed by atoms with Crippen LogP contribution in [-0.4, -0.2) is 35.4 Å². The maximum Gasteiger partial charge on any atom is 0.261 e. The van der Waals surface area contributed by atoms with Crippen LogP contribution in [0.15, 0.2) is 97.1 Å². The number of nitrogens with one attached hydrogen (secondary N) is 1. The van der Waals surface area contributed by atoms with Crippen LogP contribution in [0.5, 0.6) is 5.75 Å². The molecule has 0 fully saturated rings. The van der Waals surface area contributed by atoms with E-state index in [1.807, 2.05) is 118 Å². The van der Waals surface area contributed by atoms with E-state index in [1.165, 1.54) is 0 Å². The van der Waals surface area contributed by atoms with Crippen molar-refractivity contribution in [1.82, 2.24) is 10.2 Å². The smallest absolute Gasteiger partial charge is 0.261 e. The summed E-state index contributed by atoms with van der Waals surface area (Å²) in [5.74, 6) is 0.253. The molecule has 0 spiro atoms. The highest BCUT2D eigenvalue weighted by atomic mass is 16.5. The van der Waals surface area contributed by atoms with E-state index in [0.29, 0.717) is 18.7 Å². The molecule has 0 saturated carbocycles. The Labute approximate surface area is 225 Å². The zero-order valence-corrected chi connectivity index (χ0v) is 22.4. The zero-order valence-electron chi connectivity index (χ0n) is 22.4. The largest absolute Gasteiger partial charge is 0.483 e. The zero-order chi connectivity index (χ0) is 26.9. The Morgan fingerprint density at radius 3 is 2.26 bits per heavy atom. The molecule has 0 unspecified atom stereocenters. The molecule has 0 aliphatic rings. The lowest BCUT2D eigenvalue weighted by molar-refractivity contribution is -0.143. The van der Waals surface area contributed by atoms with Crippen molar-refractivity contribution in [3.8, 4) is 5.75 Å². The Balaban J connectivity index is 1.64. The fourth-order valence-electron chi connectivity index (χ4n) is 4.43. The summed E-state index contributed by atoms with van der Waals surface area (Å²) in [6, 6.07) is 31.0. The van der Waals surface area contributed by atoms with Crippen LogP contribution in [0.2, 0.25) is 0 Å². The number of rotatable bonds is 11. The molecule has 1 N–H and O–H groups in total. The monoisotopic (exact) mass is 508 g/mol. The van der Waals surface area contributed by atoms with Crippen LogP contribution < -0.4 is 10.1 Å². The van der Waals surface area contributed by atoms with Crippen LogP contribution in [-0.2, 0) is 22.6 Å². The fraction of sp³-hybridized carbons (Fsp3) is 0.273. The van der Waals surface area contributed by atoms with E-state index in [4.69, 9.17) is 4.74 Å². The first-order chi connectivity index (χ1) is 18.4. The predicted molar refractivity (Wildman–Crippen MR) is 153 cm³/mol. The Bertz CT molecular complexity index is 1350. The highest BCUT2D eigenvalue weighted by molar-refractivity contribution is 5.90. The summed E-state index contributed by atoms with van der Waals surface area (Å²) in [6.45, 7) is 6.19. The summed E-state index contributed by atoms with van der Waals surface area (Å²) in [7, 11) is 0. The molecular weight excluding hydrogens is 472 g/mol. The van der Waals surface area contributed by atoms with Crippen LogP contribution >= 0.6 is 0 Å². The lowest BCUT2D eigenvalue weighted by atomic mass is 10.0. The molecule has 0 aliphatic carbocycles. The number of carbonyl (C=O) groups is 2. The lowest BCUT2D eigenvalue weighted by Crippen LogP contribution is -2.53. The third kappa shape index (κ3) is 7.00. The number of hydrogen-bond acceptors (Lipinski definition) is 3. The molecule has 4 rings (SSSR count). The van der Waals surface area contributed by atoms with Crippen molar-refractivity contribution in [3.63, 3.8) is 0 Å². The molecule has 0 heterocycles. The second kappa shape index (κ2) is 12.9. The quantitative estimate of drug-likeness (QED) is 0.267. The molecule has 4 aromatic rings. The van der Waals surface area contributed by atoms with Gasteiger partial charge in [0.1, 0.15) is 11.8 Å². The lowest BCUT2D eigenvalue weighted by Gasteiger charge is -2.32. The van der Waals surface area contributed by atoms with Gasteiger partial charge in [0.05, 0.1) is 0 Å². The van der Waals surface area contributed by atoms with Gasteiger partial charge in [0.15, 0.2) is 6.61 Å². The predicted octanol–water partition coefficient (Wildman–Crippen LogP) is 6.08. The second-order valence-electron chi connectivity index (χ2n) is 9.80. The van der Waals surface area contributed by atoms with Crippen LogP contribution in [0.1, 0.15) is 37.0 Å². The van der Waals surface area contributed by atoms with Crippen molar-refractivity contribution >= 4 is 22.6 Å². The van der Waals surface area contributed by atoms with E-state index in [0.717, 1.165) is 33.9 Å². The van der Waals surface area contributed by atoms with Crippen molar-refractivity contribution in [3.05, 3.63) is 114 Å². The van der Waals surface area contributed by atoms with Crippen molar-refractivity contribution in [1.29, 1.82) is 0 Å². The molecule has 38 heavy (non-hydrogen) atoms. The molecule has 0 bridgehead atoms. The molecule has 5 nitrogen and oxygen atoms in total. The topological polar surface area (TPSA) is 58.6 Å². The summed E-state index contributed by atoms with van der Waals surface area (Å²) < 4.78 is 6.08. The maximum atomic E-state index is 13.8. The summed E-state index contributed by atoms with van der Waals surface area (Å²) in [6.07, 6.45) is 1.22. The number of fused-ring (bicyclic) bond motifs is 1. The Hall–Kier alpha value is -4.12. The SMILES string of the molecule is CC[C@H](C)NC(=O)[C@@H](Cc1ccccc1)N(Cc1ccc(C)cc1)C(=O)COc1cccc2ccccc12. The highest BCUT2D eigenvalue weighted by Gasteiger charge is 2.31. The first-order valence-electron chi connectivity index (χ1n) is 13.2. The van der Waals surface area contributed by atoms with E-state index in [1.54, 1.807) is 4.90 Å². The number of ether oxygens (including phenoxy) is 1. The van der Waals surface area contributed by atoms with Crippen molar-refractivity contribution in [2.75, 3.05) is 6.61 Å². The van der Waals surface area contributed by atoms with E-state index < -0.39 is 6.04 Å². The van der Waals surface area contributed by atoms with E-state index in [9.17, 15) is 9.59 Å². The number of amides is 2. The van der Waals surface area contributed by atoms with Gasteiger partial charge in [-0.3, -0.25) is 9.59 Å². The number of carbonyl (C=O) groups excluding carboxylic acids is 2. The van der Waals surface area contributed by atoms with Gasteiger partial charge in [0, 0.05) is 24.4 Å². The maximum absolute atomic E-state index is 13.8. The number of hydrogen-bond donors (Lipinski definition) is 1. The summed E-state index contributed by atoms with van der Waals surface area (Å²) in [5, 5.41) is 5.10. The van der Waals surface area contributed by atoms with Crippen LogP contribution in [0.3, 0.4) is 0 Å². The Kier molecular flexibility index (Phi) is 9.15. The first-order valence-corrected chi connectivity index (χ1v) is 13.2. The normalized spacial score (nSPS) is 12.5. The number of benzene rings is 4. The molecule has 196 valence electrons. The summed E-state index contributed by atoms with van der Waals surface area (Å²) >= 11 is 0. The average molecular weight is 509 g/mol. The molecule has 4 aromatic carbocycles. The van der Waals surface area contributed by atoms with Gasteiger partial charge < -0.3 is 15.0 Å². The molecule has 0 aromatic heterocycles. The van der Waals surface area contributed by atoms with Crippen molar-refractivity contribution in [2.24, 2.45) is 0 Å². The van der Waals surface area contributed by atoms with Crippen molar-refractivity contribution < 1.29 is 14.3 Å². The van der Waals surface area contributed by atoms with E-state index in [-0.39, 0.29) is 24.5 Å². The Morgan fingerprint density at radius 1 is 0.842 bits per heavy atom. The van der Waals surface area contributed by atoms with E-state index in [2.05, 4.69) is 5.32 Å². The minimum Gasteiger partial charge on any atom is -0.483 e. The molecular formula is C33H36N2O3. The standard InChI is InChI=1S/C33H36N2O3/c1-4-25(3)34-33(37)30(21-26-11-6-5-7-12-26)35(22-27-19-17-24(2)18-20-27)32(36)23-38-31-16-10-14-28-13-8-9-15-29(28)31/h5-20,25,30H,4,21-23H2,1-3H3,(H,34,37)/t25-,30+/m0/s1. The average Bonchev–Trinajstić information content (AvgIpc) is 2.95. The van der Waals surface area contributed by atoms with Gasteiger partial charge in [-0.05, 0) is 42.8 Å². The van der Waals surface area contributed by atoms with Gasteiger partial charge in [-0.1, -0.05) is 103 Å². The molecule has 0 aliphatic heterocycles. The van der Waals surface area contributed by atoms with Gasteiger partial charge in [-0.25, -0.2) is 0 Å². The third-order valence-electron chi connectivity index (χ3n) is 6.85. The van der Waals surface area contributed by atoms with Crippen LogP contribution in [0.4, 0.5) is 0 Å². The van der Waals surface area contributed by atoms with Gasteiger partial charge in [-0.15, -0.1) is 0 Å². The first kappa shape index (κ1) is 26.9. The molecule has 2 atom stereocenters. The highest BCUT2D eigenvalue weighted by Crippen LogP contribution is 2.25. The fourth-order valence-corrected chi connectivity index (χ4v) is 4.43. The summed E-state index contributed by atoms with van der Waals surface area (Å²) in [4.78, 5) is 29.1. The van der Waals surface area contributed by atoms with Gasteiger partial charge in [0.25, 0.3) is 5.91 Å². The molecule has 0 radical (unpaired) electrons. The summed E-state index contributed by atoms with van der Waals surface area (Å²) in [5.41, 5.74) is 3.10. The van der Waals surface area contributed by atoms with Crippen molar-refractivity contribution in [2.45, 2.75) is 52.2 Å². The molecule has 5 heteroatoms. The van der Waals surface area contributed by atoms with Crippen LogP contribution in [0, 0.1) is 6.92 Å². The van der Waals surface area contributed by atoms with Gasteiger partial charge in [0.2, 0.25) is 5.91 Å². The van der Waals surface area contributed by atoms with E-state index >= 15 is 0 Å². The molecule has 2 amide bonds. The van der Waals surface area contributed by atoms with Gasteiger partial charge in [-0.2, -0.15) is 0 Å². The second-order valence-corrected chi connectivity index (χ2v) is 9.80. The third-order valence-corrected chi connectivity index (χ3v) is 6.85. The van der Waals surface area contributed by atoms with Gasteiger partial charge >= 0.3 is 0 Å². The number of aryl methyl sites for hydroxylation is 1. The number of nitrogens with zero attached hydrogens (tertiary/aromatic N) is 1. The molecule has 0 saturated heterocycles. The Morgan fingerprint density at radius 2 is 1.53 bits per heavy atom. The minimum absolute atomic E-state index is 0.00373. The minimum atomic E-state index is -0.684. The van der Waals surface area contributed by atoms with Crippen LogP contribution in [0.25, 0.3) is 10.8 Å².